The lowest BCUT2D eigenvalue weighted by molar-refractivity contribution is -0.250. The predicted octanol–water partition coefficient (Wildman–Crippen LogP) is 2.64. The molecule has 1 saturated heterocycles. The fraction of sp³-hybridized carbons (Fsp3) is 0.450. The van der Waals surface area contributed by atoms with E-state index in [-0.39, 0.29) is 12.8 Å². The Morgan fingerprint density at radius 3 is 2.15 bits per heavy atom. The minimum atomic E-state index is -1.52. The van der Waals surface area contributed by atoms with Gasteiger partial charge in [0.15, 0.2) is 5.41 Å². The summed E-state index contributed by atoms with van der Waals surface area (Å²) in [4.78, 5) is 36.9. The maximum Gasteiger partial charge on any atom is 0.337 e. The molecule has 0 aliphatic carbocycles. The van der Waals surface area contributed by atoms with Gasteiger partial charge < -0.3 is 14.2 Å². The normalized spacial score (nSPS) is 17.4. The summed E-state index contributed by atoms with van der Waals surface area (Å²) in [6.45, 7) is 4.90. The van der Waals surface area contributed by atoms with Crippen LogP contribution >= 0.6 is 0 Å². The van der Waals surface area contributed by atoms with Crippen LogP contribution in [0.4, 0.5) is 0 Å². The highest BCUT2D eigenvalue weighted by molar-refractivity contribution is 6.02. The zero-order valence-electron chi connectivity index (χ0n) is 15.4. The first-order valence-corrected chi connectivity index (χ1v) is 8.34. The minimum Gasteiger partial charge on any atom is -0.465 e. The second kappa shape index (κ2) is 7.61. The molecule has 0 amide bonds. The number of hydrogen-bond acceptors (Lipinski definition) is 6. The van der Waals surface area contributed by atoms with Crippen molar-refractivity contribution < 1.29 is 28.6 Å². The van der Waals surface area contributed by atoms with Gasteiger partial charge in [0.05, 0.1) is 12.7 Å². The topological polar surface area (TPSA) is 78.9 Å². The highest BCUT2D eigenvalue weighted by Crippen LogP contribution is 2.38. The van der Waals surface area contributed by atoms with Gasteiger partial charge in [-0.25, -0.2) is 4.79 Å². The number of esters is 3. The van der Waals surface area contributed by atoms with Crippen molar-refractivity contribution in [2.75, 3.05) is 7.11 Å². The maximum absolute atomic E-state index is 12.7. The number of cyclic esters (lactones) is 2. The lowest BCUT2D eigenvalue weighted by atomic mass is 9.77. The zero-order valence-corrected chi connectivity index (χ0v) is 15.4. The van der Waals surface area contributed by atoms with Crippen LogP contribution in [0, 0.1) is 17.3 Å². The van der Waals surface area contributed by atoms with Crippen LogP contribution in [0.15, 0.2) is 24.3 Å². The Morgan fingerprint density at radius 2 is 1.65 bits per heavy atom. The molecule has 1 aromatic rings. The smallest absolute Gasteiger partial charge is 0.337 e. The fourth-order valence-corrected chi connectivity index (χ4v) is 2.66. The van der Waals surface area contributed by atoms with Crippen LogP contribution < -0.4 is 0 Å². The van der Waals surface area contributed by atoms with Gasteiger partial charge in [-0.1, -0.05) is 19.1 Å². The third-order valence-electron chi connectivity index (χ3n) is 4.03. The van der Waals surface area contributed by atoms with Crippen molar-refractivity contribution >= 4 is 17.9 Å². The molecular formula is C20H22O6. The summed E-state index contributed by atoms with van der Waals surface area (Å²) >= 11 is 0. The second-order valence-corrected chi connectivity index (χ2v) is 6.51. The Hall–Kier alpha value is -2.81. The Labute approximate surface area is 152 Å². The fourth-order valence-electron chi connectivity index (χ4n) is 2.66. The summed E-state index contributed by atoms with van der Waals surface area (Å²) in [5.41, 5.74) is -0.458. The van der Waals surface area contributed by atoms with Crippen molar-refractivity contribution in [3.05, 3.63) is 35.4 Å². The third kappa shape index (κ3) is 4.05. The standard InChI is InChI=1S/C20H22O6/c1-5-6-7-12-20(17(22)25-19(2,3)26-18(20)23)13-14-8-10-15(11-9-14)16(21)24-4/h8-11H,5,12-13H2,1-4H3. The van der Waals surface area contributed by atoms with Gasteiger partial charge in [0.2, 0.25) is 0 Å². The molecule has 0 unspecified atom stereocenters. The molecule has 1 aromatic carbocycles. The first kappa shape index (κ1) is 19.5. The minimum absolute atomic E-state index is 0.00728. The van der Waals surface area contributed by atoms with Crippen molar-refractivity contribution in [3.63, 3.8) is 0 Å². The number of ether oxygens (including phenoxy) is 3. The number of rotatable bonds is 4. The average molecular weight is 358 g/mol. The number of hydrogen-bond donors (Lipinski definition) is 0. The van der Waals surface area contributed by atoms with Gasteiger partial charge in [0.25, 0.3) is 5.79 Å². The van der Waals surface area contributed by atoms with Crippen LogP contribution in [0.2, 0.25) is 0 Å². The van der Waals surface area contributed by atoms with Crippen molar-refractivity contribution in [2.24, 2.45) is 5.41 Å². The van der Waals surface area contributed by atoms with E-state index in [4.69, 9.17) is 9.47 Å². The summed E-state index contributed by atoms with van der Waals surface area (Å²) in [5, 5.41) is 0. The molecule has 1 aliphatic heterocycles. The van der Waals surface area contributed by atoms with E-state index in [9.17, 15) is 14.4 Å². The highest BCUT2D eigenvalue weighted by atomic mass is 16.7. The van der Waals surface area contributed by atoms with Crippen LogP contribution in [0.25, 0.3) is 0 Å². The van der Waals surface area contributed by atoms with Gasteiger partial charge in [-0.2, -0.15) is 0 Å². The van der Waals surface area contributed by atoms with E-state index < -0.39 is 29.1 Å². The Bertz CT molecular complexity index is 744. The summed E-state index contributed by atoms with van der Waals surface area (Å²) in [7, 11) is 1.30. The van der Waals surface area contributed by atoms with Crippen molar-refractivity contribution in [2.45, 2.75) is 45.8 Å². The van der Waals surface area contributed by atoms with Crippen molar-refractivity contribution in [3.8, 4) is 11.8 Å². The van der Waals surface area contributed by atoms with Crippen LogP contribution in [-0.4, -0.2) is 30.8 Å². The maximum atomic E-state index is 12.7. The largest absolute Gasteiger partial charge is 0.465 e. The van der Waals surface area contributed by atoms with Gasteiger partial charge in [-0.15, -0.1) is 11.8 Å². The molecule has 6 heteroatoms. The molecule has 0 atom stereocenters. The molecule has 1 fully saturated rings. The van der Waals surface area contributed by atoms with E-state index >= 15 is 0 Å². The van der Waals surface area contributed by atoms with Crippen LogP contribution in [0.1, 0.15) is 49.5 Å². The Balaban J connectivity index is 2.35. The molecule has 0 radical (unpaired) electrons. The average Bonchev–Trinajstić information content (AvgIpc) is 2.58. The molecule has 0 bridgehead atoms. The summed E-state index contributed by atoms with van der Waals surface area (Å²) in [6.07, 6.45) is 0.688. The second-order valence-electron chi connectivity index (χ2n) is 6.51. The number of carbonyl (C=O) groups is 3. The predicted molar refractivity (Wildman–Crippen MR) is 92.9 cm³/mol. The van der Waals surface area contributed by atoms with E-state index in [0.29, 0.717) is 17.5 Å². The number of carbonyl (C=O) groups excluding carboxylic acids is 3. The van der Waals surface area contributed by atoms with E-state index in [2.05, 4.69) is 16.6 Å². The van der Waals surface area contributed by atoms with E-state index in [1.165, 1.54) is 21.0 Å². The Kier molecular flexibility index (Phi) is 5.71. The summed E-state index contributed by atoms with van der Waals surface area (Å²) < 4.78 is 15.3. The van der Waals surface area contributed by atoms with Gasteiger partial charge >= 0.3 is 17.9 Å². The first-order chi connectivity index (χ1) is 12.2. The molecule has 1 heterocycles. The molecule has 0 spiro atoms. The molecule has 2 rings (SSSR count). The van der Waals surface area contributed by atoms with E-state index in [1.807, 2.05) is 6.92 Å². The van der Waals surface area contributed by atoms with Gasteiger partial charge in [0.1, 0.15) is 0 Å². The zero-order chi connectivity index (χ0) is 19.4. The number of methoxy groups -OCH3 is 1. The molecular weight excluding hydrogens is 336 g/mol. The van der Waals surface area contributed by atoms with Gasteiger partial charge in [0, 0.05) is 33.1 Å². The van der Waals surface area contributed by atoms with E-state index in [0.717, 1.165) is 0 Å². The molecule has 26 heavy (non-hydrogen) atoms. The lowest BCUT2D eigenvalue weighted by Crippen LogP contribution is -2.54. The molecule has 0 aromatic heterocycles. The van der Waals surface area contributed by atoms with Crippen LogP contribution in [0.5, 0.6) is 0 Å². The summed E-state index contributed by atoms with van der Waals surface area (Å²) in [5.74, 6) is 2.68. The van der Waals surface area contributed by atoms with E-state index in [1.54, 1.807) is 24.3 Å². The molecule has 6 nitrogen and oxygen atoms in total. The first-order valence-electron chi connectivity index (χ1n) is 8.34. The highest BCUT2D eigenvalue weighted by Gasteiger charge is 2.55. The molecule has 0 N–H and O–H groups in total. The number of benzene rings is 1. The SMILES string of the molecule is CCC#CCC1(Cc2ccc(C(=O)OC)cc2)C(=O)OC(C)(C)OC1=O. The monoisotopic (exact) mass is 358 g/mol. The lowest BCUT2D eigenvalue weighted by Gasteiger charge is -2.39. The van der Waals surface area contributed by atoms with Gasteiger partial charge in [-0.3, -0.25) is 9.59 Å². The van der Waals surface area contributed by atoms with Crippen molar-refractivity contribution in [1.29, 1.82) is 0 Å². The van der Waals surface area contributed by atoms with Crippen LogP contribution in [0.3, 0.4) is 0 Å². The molecule has 0 saturated carbocycles. The quantitative estimate of drug-likeness (QED) is 0.468. The molecule has 1 aliphatic rings. The van der Waals surface area contributed by atoms with Crippen molar-refractivity contribution in [1.82, 2.24) is 0 Å². The third-order valence-corrected chi connectivity index (χ3v) is 4.03. The Morgan fingerprint density at radius 1 is 1.08 bits per heavy atom. The van der Waals surface area contributed by atoms with Crippen LogP contribution in [-0.2, 0) is 30.2 Å². The van der Waals surface area contributed by atoms with Gasteiger partial charge in [-0.05, 0) is 17.7 Å². The summed E-state index contributed by atoms with van der Waals surface area (Å²) in [6, 6.07) is 6.50. The molecule has 138 valence electrons.